The summed E-state index contributed by atoms with van der Waals surface area (Å²) in [6, 6.07) is 0.473. The zero-order valence-electron chi connectivity index (χ0n) is 13.7. The van der Waals surface area contributed by atoms with Gasteiger partial charge in [0.15, 0.2) is 0 Å². The second kappa shape index (κ2) is 6.87. The van der Waals surface area contributed by atoms with E-state index in [0.29, 0.717) is 31.0 Å². The van der Waals surface area contributed by atoms with Gasteiger partial charge in [-0.25, -0.2) is 0 Å². The molecule has 1 aromatic heterocycles. The van der Waals surface area contributed by atoms with Crippen LogP contribution in [-0.4, -0.2) is 52.1 Å². The fourth-order valence-electron chi connectivity index (χ4n) is 4.52. The minimum Gasteiger partial charge on any atom is -0.423 e. The zero-order chi connectivity index (χ0) is 15.6. The molecule has 0 bridgehead atoms. The summed E-state index contributed by atoms with van der Waals surface area (Å²) in [5.41, 5.74) is 0. The molecule has 0 aromatic carbocycles. The molecule has 1 saturated carbocycles. The summed E-state index contributed by atoms with van der Waals surface area (Å²) in [7, 11) is 0. The Labute approximate surface area is 137 Å². The van der Waals surface area contributed by atoms with E-state index in [1.54, 1.807) is 0 Å². The maximum absolute atomic E-state index is 10.3. The van der Waals surface area contributed by atoms with Gasteiger partial charge in [-0.2, -0.15) is 0 Å². The molecule has 1 aromatic rings. The van der Waals surface area contributed by atoms with Crippen LogP contribution in [0.15, 0.2) is 4.42 Å². The molecule has 6 heteroatoms. The molecule has 0 amide bonds. The highest BCUT2D eigenvalue weighted by Crippen LogP contribution is 2.36. The number of fused-ring (bicyclic) bond motifs is 1. The Morgan fingerprint density at radius 2 is 2.00 bits per heavy atom. The largest absolute Gasteiger partial charge is 0.423 e. The van der Waals surface area contributed by atoms with Gasteiger partial charge < -0.3 is 14.3 Å². The quantitative estimate of drug-likeness (QED) is 0.919. The van der Waals surface area contributed by atoms with E-state index in [9.17, 15) is 5.11 Å². The minimum atomic E-state index is -0.130. The first kappa shape index (κ1) is 15.5. The van der Waals surface area contributed by atoms with E-state index in [1.165, 1.54) is 19.3 Å². The van der Waals surface area contributed by atoms with Gasteiger partial charge in [-0.3, -0.25) is 4.90 Å². The SMILES string of the molecule is OC1CCN(Cc2nnc(C3CCCOC3)o2)C2CCCCC12. The van der Waals surface area contributed by atoms with E-state index in [-0.39, 0.29) is 12.0 Å². The second-order valence-electron chi connectivity index (χ2n) is 7.29. The molecule has 0 spiro atoms. The van der Waals surface area contributed by atoms with Crippen molar-refractivity contribution in [2.45, 2.75) is 69.6 Å². The van der Waals surface area contributed by atoms with Crippen LogP contribution >= 0.6 is 0 Å². The van der Waals surface area contributed by atoms with Gasteiger partial charge in [0, 0.05) is 25.1 Å². The molecule has 4 atom stereocenters. The molecule has 6 nitrogen and oxygen atoms in total. The van der Waals surface area contributed by atoms with E-state index in [0.717, 1.165) is 44.7 Å². The summed E-state index contributed by atoms with van der Waals surface area (Å²) >= 11 is 0. The third-order valence-corrected chi connectivity index (χ3v) is 5.79. The van der Waals surface area contributed by atoms with Crippen LogP contribution in [0.3, 0.4) is 0 Å². The average Bonchev–Trinajstić information content (AvgIpc) is 3.07. The molecular formula is C17H27N3O3. The second-order valence-corrected chi connectivity index (χ2v) is 7.29. The Hall–Kier alpha value is -0.980. The smallest absolute Gasteiger partial charge is 0.230 e. The Morgan fingerprint density at radius 1 is 1.09 bits per heavy atom. The maximum atomic E-state index is 10.3. The Bertz CT molecular complexity index is 515. The average molecular weight is 321 g/mol. The number of hydrogen-bond acceptors (Lipinski definition) is 6. The molecule has 4 unspecified atom stereocenters. The van der Waals surface area contributed by atoms with Gasteiger partial charge in [-0.05, 0) is 32.1 Å². The van der Waals surface area contributed by atoms with Crippen molar-refractivity contribution in [3.63, 3.8) is 0 Å². The van der Waals surface area contributed by atoms with E-state index in [2.05, 4.69) is 15.1 Å². The zero-order valence-corrected chi connectivity index (χ0v) is 13.7. The third kappa shape index (κ3) is 3.30. The number of piperidine rings is 1. The van der Waals surface area contributed by atoms with Crippen molar-refractivity contribution in [1.29, 1.82) is 0 Å². The van der Waals surface area contributed by atoms with Crippen LogP contribution in [0.25, 0.3) is 0 Å². The van der Waals surface area contributed by atoms with Gasteiger partial charge in [0.05, 0.1) is 25.2 Å². The van der Waals surface area contributed by atoms with Crippen molar-refractivity contribution in [3.8, 4) is 0 Å². The van der Waals surface area contributed by atoms with Crippen molar-refractivity contribution < 1.29 is 14.3 Å². The molecule has 0 radical (unpaired) electrons. The lowest BCUT2D eigenvalue weighted by Gasteiger charge is -2.46. The lowest BCUT2D eigenvalue weighted by Crippen LogP contribution is -2.52. The lowest BCUT2D eigenvalue weighted by molar-refractivity contribution is -0.0422. The Kier molecular flexibility index (Phi) is 4.64. The van der Waals surface area contributed by atoms with Gasteiger partial charge in [-0.15, -0.1) is 10.2 Å². The molecule has 2 aliphatic heterocycles. The molecule has 128 valence electrons. The Morgan fingerprint density at radius 3 is 2.87 bits per heavy atom. The van der Waals surface area contributed by atoms with Crippen LogP contribution in [0.4, 0.5) is 0 Å². The number of aliphatic hydroxyl groups excluding tert-OH is 1. The van der Waals surface area contributed by atoms with Crippen LogP contribution in [0, 0.1) is 5.92 Å². The highest BCUT2D eigenvalue weighted by Gasteiger charge is 2.39. The van der Waals surface area contributed by atoms with Crippen LogP contribution in [0.1, 0.15) is 62.6 Å². The summed E-state index contributed by atoms with van der Waals surface area (Å²) in [4.78, 5) is 2.45. The Balaban J connectivity index is 1.42. The number of ether oxygens (including phenoxy) is 1. The number of rotatable bonds is 3. The predicted octanol–water partition coefficient (Wildman–Crippen LogP) is 2.09. The fraction of sp³-hybridized carbons (Fsp3) is 0.882. The first-order valence-electron chi connectivity index (χ1n) is 9.13. The maximum Gasteiger partial charge on any atom is 0.230 e. The van der Waals surface area contributed by atoms with Gasteiger partial charge in [-0.1, -0.05) is 12.8 Å². The van der Waals surface area contributed by atoms with Crippen LogP contribution in [-0.2, 0) is 11.3 Å². The molecule has 2 saturated heterocycles. The summed E-state index contributed by atoms with van der Waals surface area (Å²) in [6.45, 7) is 3.18. The van der Waals surface area contributed by atoms with Crippen molar-refractivity contribution >= 4 is 0 Å². The molecular weight excluding hydrogens is 294 g/mol. The first-order chi connectivity index (χ1) is 11.3. The normalized spacial score (nSPS) is 35.9. The van der Waals surface area contributed by atoms with Crippen molar-refractivity contribution in [2.75, 3.05) is 19.8 Å². The van der Waals surface area contributed by atoms with Crippen molar-refractivity contribution in [3.05, 3.63) is 11.8 Å². The van der Waals surface area contributed by atoms with E-state index < -0.39 is 0 Å². The van der Waals surface area contributed by atoms with Gasteiger partial charge in [0.2, 0.25) is 11.8 Å². The number of aromatic nitrogens is 2. The fourth-order valence-corrected chi connectivity index (χ4v) is 4.52. The number of hydrogen-bond donors (Lipinski definition) is 1. The number of likely N-dealkylation sites (tertiary alicyclic amines) is 1. The molecule has 1 aliphatic carbocycles. The topological polar surface area (TPSA) is 71.6 Å². The van der Waals surface area contributed by atoms with Gasteiger partial charge in [0.1, 0.15) is 0 Å². The summed E-state index contributed by atoms with van der Waals surface area (Å²) in [5.74, 6) is 2.13. The summed E-state index contributed by atoms with van der Waals surface area (Å²) in [5, 5.41) is 18.8. The van der Waals surface area contributed by atoms with Crippen molar-refractivity contribution in [1.82, 2.24) is 15.1 Å². The standard InChI is InChI=1S/C17H27N3O3/c21-15-7-8-20(14-6-2-1-5-13(14)15)10-16-18-19-17(23-16)12-4-3-9-22-11-12/h12-15,21H,1-11H2. The highest BCUT2D eigenvalue weighted by atomic mass is 16.5. The van der Waals surface area contributed by atoms with E-state index in [4.69, 9.17) is 9.15 Å². The molecule has 3 aliphatic rings. The van der Waals surface area contributed by atoms with E-state index >= 15 is 0 Å². The summed E-state index contributed by atoms with van der Waals surface area (Å²) < 4.78 is 11.4. The molecule has 4 rings (SSSR count). The van der Waals surface area contributed by atoms with Crippen LogP contribution in [0.5, 0.6) is 0 Å². The van der Waals surface area contributed by atoms with Gasteiger partial charge >= 0.3 is 0 Å². The minimum absolute atomic E-state index is 0.130. The molecule has 1 N–H and O–H groups in total. The number of nitrogens with zero attached hydrogens (tertiary/aromatic N) is 3. The molecule has 3 heterocycles. The number of aliphatic hydroxyl groups is 1. The highest BCUT2D eigenvalue weighted by molar-refractivity contribution is 4.96. The van der Waals surface area contributed by atoms with Gasteiger partial charge in [0.25, 0.3) is 0 Å². The molecule has 23 heavy (non-hydrogen) atoms. The van der Waals surface area contributed by atoms with Crippen LogP contribution in [0.2, 0.25) is 0 Å². The van der Waals surface area contributed by atoms with Crippen LogP contribution < -0.4 is 0 Å². The first-order valence-corrected chi connectivity index (χ1v) is 9.13. The lowest BCUT2D eigenvalue weighted by atomic mass is 9.76. The summed E-state index contributed by atoms with van der Waals surface area (Å²) in [6.07, 6.45) is 7.71. The monoisotopic (exact) mass is 321 g/mol. The van der Waals surface area contributed by atoms with E-state index in [1.807, 2.05) is 0 Å². The predicted molar refractivity (Wildman–Crippen MR) is 83.9 cm³/mol. The van der Waals surface area contributed by atoms with Crippen molar-refractivity contribution in [2.24, 2.45) is 5.92 Å². The third-order valence-electron chi connectivity index (χ3n) is 5.79. The molecule has 3 fully saturated rings.